The van der Waals surface area contributed by atoms with Crippen molar-refractivity contribution in [1.82, 2.24) is 0 Å². The first-order chi connectivity index (χ1) is 4.35. The van der Waals surface area contributed by atoms with Crippen LogP contribution in [0.25, 0.3) is 0 Å². The van der Waals surface area contributed by atoms with Gasteiger partial charge in [0.2, 0.25) is 0 Å². The summed E-state index contributed by atoms with van der Waals surface area (Å²) >= 11 is 5.53. The van der Waals surface area contributed by atoms with Gasteiger partial charge in [-0.3, -0.25) is 0 Å². The van der Waals surface area contributed by atoms with Gasteiger partial charge in [0.05, 0.1) is 0 Å². The number of hydrogen-bond donors (Lipinski definition) is 0. The molecule has 9 heavy (non-hydrogen) atoms. The molecule has 0 aliphatic carbocycles. The van der Waals surface area contributed by atoms with Crippen molar-refractivity contribution in [2.75, 3.05) is 5.88 Å². The molecular weight excluding hydrogens is 132 g/mol. The summed E-state index contributed by atoms with van der Waals surface area (Å²) in [6.45, 7) is 4.37. The zero-order valence-electron chi connectivity index (χ0n) is 6.28. The molecule has 0 amide bonds. The van der Waals surface area contributed by atoms with Crippen LogP contribution >= 0.6 is 11.6 Å². The van der Waals surface area contributed by atoms with Gasteiger partial charge in [0, 0.05) is 5.88 Å². The lowest BCUT2D eigenvalue weighted by Gasteiger charge is -1.98. The van der Waals surface area contributed by atoms with Gasteiger partial charge in [0.25, 0.3) is 0 Å². The van der Waals surface area contributed by atoms with Crippen molar-refractivity contribution in [3.05, 3.63) is 11.6 Å². The lowest BCUT2D eigenvalue weighted by Crippen LogP contribution is -1.80. The molecule has 0 unspecified atom stereocenters. The van der Waals surface area contributed by atoms with E-state index >= 15 is 0 Å². The summed E-state index contributed by atoms with van der Waals surface area (Å²) in [5.74, 6) is 0.670. The van der Waals surface area contributed by atoms with E-state index in [1.54, 1.807) is 0 Å². The number of allylic oxidation sites excluding steroid dienone is 2. The van der Waals surface area contributed by atoms with Gasteiger partial charge in [-0.1, -0.05) is 31.9 Å². The Morgan fingerprint density at radius 1 is 1.44 bits per heavy atom. The molecular formula is C8H15Cl. The Bertz CT molecular complexity index is 84.6. The minimum Gasteiger partial charge on any atom is -0.122 e. The summed E-state index contributed by atoms with van der Waals surface area (Å²) in [4.78, 5) is 0. The van der Waals surface area contributed by atoms with Gasteiger partial charge < -0.3 is 0 Å². The van der Waals surface area contributed by atoms with E-state index in [1.165, 1.54) is 18.4 Å². The van der Waals surface area contributed by atoms with E-state index in [9.17, 15) is 0 Å². The van der Waals surface area contributed by atoms with Crippen molar-refractivity contribution in [3.8, 4) is 0 Å². The topological polar surface area (TPSA) is 0 Å². The highest BCUT2D eigenvalue weighted by Gasteiger charge is 1.89. The van der Waals surface area contributed by atoms with Crippen LogP contribution in [0.15, 0.2) is 11.6 Å². The fourth-order valence-corrected chi connectivity index (χ4v) is 1.07. The predicted octanol–water partition coefficient (Wildman–Crippen LogP) is 3.36. The van der Waals surface area contributed by atoms with E-state index in [1.807, 2.05) is 0 Å². The van der Waals surface area contributed by atoms with E-state index in [2.05, 4.69) is 19.9 Å². The Morgan fingerprint density at radius 2 is 2.11 bits per heavy atom. The summed E-state index contributed by atoms with van der Waals surface area (Å²) in [7, 11) is 0. The molecule has 0 aliphatic heterocycles. The molecule has 0 spiro atoms. The minimum absolute atomic E-state index is 0.670. The van der Waals surface area contributed by atoms with E-state index in [-0.39, 0.29) is 0 Å². The third-order valence-electron chi connectivity index (χ3n) is 1.39. The molecule has 0 aliphatic rings. The largest absolute Gasteiger partial charge is 0.122 e. The number of rotatable bonds is 4. The molecule has 0 atom stereocenters. The van der Waals surface area contributed by atoms with Gasteiger partial charge in [-0.2, -0.15) is 0 Å². The minimum atomic E-state index is 0.670. The van der Waals surface area contributed by atoms with Gasteiger partial charge in [0.15, 0.2) is 0 Å². The zero-order valence-corrected chi connectivity index (χ0v) is 7.04. The lowest BCUT2D eigenvalue weighted by atomic mass is 10.1. The Morgan fingerprint density at radius 3 is 2.44 bits per heavy atom. The first kappa shape index (κ1) is 9.03. The molecule has 1 heteroatoms. The van der Waals surface area contributed by atoms with Gasteiger partial charge >= 0.3 is 0 Å². The lowest BCUT2D eigenvalue weighted by molar-refractivity contribution is 0.856. The fourth-order valence-electron chi connectivity index (χ4n) is 0.853. The van der Waals surface area contributed by atoms with Crippen molar-refractivity contribution in [2.45, 2.75) is 33.1 Å². The Balaban J connectivity index is 3.53. The van der Waals surface area contributed by atoms with Crippen molar-refractivity contribution >= 4 is 11.6 Å². The Labute approximate surface area is 62.9 Å². The second-order valence-corrected chi connectivity index (χ2v) is 2.43. The molecule has 0 nitrogen and oxygen atoms in total. The zero-order chi connectivity index (χ0) is 7.11. The molecule has 54 valence electrons. The monoisotopic (exact) mass is 146 g/mol. The highest BCUT2D eigenvalue weighted by atomic mass is 35.5. The van der Waals surface area contributed by atoms with Crippen LogP contribution in [0.1, 0.15) is 33.1 Å². The fraction of sp³-hybridized carbons (Fsp3) is 0.750. The maximum atomic E-state index is 5.53. The average molecular weight is 147 g/mol. The average Bonchev–Trinajstić information content (AvgIpc) is 1.88. The Hall–Kier alpha value is 0.0300. The van der Waals surface area contributed by atoms with Crippen LogP contribution in [0.4, 0.5) is 0 Å². The quantitative estimate of drug-likeness (QED) is 0.422. The molecule has 0 saturated carbocycles. The highest BCUT2D eigenvalue weighted by Crippen LogP contribution is 2.08. The van der Waals surface area contributed by atoms with Crippen LogP contribution in [0.2, 0.25) is 0 Å². The maximum absolute atomic E-state index is 5.53. The standard InChI is InChI=1S/C8H15Cl/c1-3-5-8(4-2)6-7-9/h6H,3-5,7H2,1-2H3. The summed E-state index contributed by atoms with van der Waals surface area (Å²) in [5, 5.41) is 0. The molecule has 0 N–H and O–H groups in total. The summed E-state index contributed by atoms with van der Waals surface area (Å²) in [6, 6.07) is 0. The SMILES string of the molecule is CCCC(=CCCl)CC. The first-order valence-electron chi connectivity index (χ1n) is 3.59. The van der Waals surface area contributed by atoms with Gasteiger partial charge in [-0.25, -0.2) is 0 Å². The smallest absolute Gasteiger partial charge is 0.0406 e. The van der Waals surface area contributed by atoms with E-state index in [0.717, 1.165) is 6.42 Å². The van der Waals surface area contributed by atoms with E-state index in [4.69, 9.17) is 11.6 Å². The normalized spacial score (nSPS) is 12.1. The van der Waals surface area contributed by atoms with Gasteiger partial charge in [-0.15, -0.1) is 11.6 Å². The third-order valence-corrected chi connectivity index (χ3v) is 1.55. The summed E-state index contributed by atoms with van der Waals surface area (Å²) < 4.78 is 0. The molecule has 0 aromatic carbocycles. The highest BCUT2D eigenvalue weighted by molar-refractivity contribution is 6.18. The van der Waals surface area contributed by atoms with Crippen LogP contribution in [-0.4, -0.2) is 5.88 Å². The third kappa shape index (κ3) is 4.53. The molecule has 0 fully saturated rings. The first-order valence-corrected chi connectivity index (χ1v) is 4.12. The molecule has 0 bridgehead atoms. The summed E-state index contributed by atoms with van der Waals surface area (Å²) in [5.41, 5.74) is 1.49. The van der Waals surface area contributed by atoms with Crippen LogP contribution < -0.4 is 0 Å². The number of hydrogen-bond acceptors (Lipinski definition) is 0. The molecule has 0 saturated heterocycles. The van der Waals surface area contributed by atoms with Crippen LogP contribution in [0.5, 0.6) is 0 Å². The van der Waals surface area contributed by atoms with Gasteiger partial charge in [0.1, 0.15) is 0 Å². The molecule has 0 aromatic rings. The van der Waals surface area contributed by atoms with Crippen LogP contribution in [-0.2, 0) is 0 Å². The van der Waals surface area contributed by atoms with Crippen LogP contribution in [0.3, 0.4) is 0 Å². The van der Waals surface area contributed by atoms with E-state index < -0.39 is 0 Å². The van der Waals surface area contributed by atoms with Crippen LogP contribution in [0, 0.1) is 0 Å². The second kappa shape index (κ2) is 6.15. The molecule has 0 radical (unpaired) electrons. The van der Waals surface area contributed by atoms with E-state index in [0.29, 0.717) is 5.88 Å². The molecule has 0 rings (SSSR count). The second-order valence-electron chi connectivity index (χ2n) is 2.12. The van der Waals surface area contributed by atoms with Crippen molar-refractivity contribution < 1.29 is 0 Å². The number of halogens is 1. The maximum Gasteiger partial charge on any atom is 0.0406 e. The van der Waals surface area contributed by atoms with Crippen molar-refractivity contribution in [2.24, 2.45) is 0 Å². The molecule has 0 heterocycles. The van der Waals surface area contributed by atoms with Crippen molar-refractivity contribution in [1.29, 1.82) is 0 Å². The number of alkyl halides is 1. The predicted molar refractivity (Wildman–Crippen MR) is 44.0 cm³/mol. The van der Waals surface area contributed by atoms with Crippen molar-refractivity contribution in [3.63, 3.8) is 0 Å². The Kier molecular flexibility index (Phi) is 6.18. The van der Waals surface area contributed by atoms with Gasteiger partial charge in [-0.05, 0) is 12.8 Å². The molecule has 0 aromatic heterocycles. The summed E-state index contributed by atoms with van der Waals surface area (Å²) in [6.07, 6.45) is 5.71.